The van der Waals surface area contributed by atoms with Crippen LogP contribution in [0.1, 0.15) is 37.7 Å². The van der Waals surface area contributed by atoms with Gasteiger partial charge in [0, 0.05) is 6.54 Å². The molecule has 0 aromatic heterocycles. The Bertz CT molecular complexity index is 445. The highest BCUT2D eigenvalue weighted by molar-refractivity contribution is 5.35. The van der Waals surface area contributed by atoms with Crippen molar-refractivity contribution in [3.63, 3.8) is 0 Å². The molecule has 1 aliphatic carbocycles. The van der Waals surface area contributed by atoms with E-state index in [1.807, 2.05) is 0 Å². The van der Waals surface area contributed by atoms with Crippen LogP contribution in [-0.4, -0.2) is 32.1 Å². The molecule has 1 aromatic carbocycles. The van der Waals surface area contributed by atoms with E-state index in [0.29, 0.717) is 5.41 Å². The fourth-order valence-electron chi connectivity index (χ4n) is 4.33. The summed E-state index contributed by atoms with van der Waals surface area (Å²) >= 11 is 0. The summed E-state index contributed by atoms with van der Waals surface area (Å²) in [6, 6.07) is 8.83. The zero-order chi connectivity index (χ0) is 13.3. The zero-order valence-electron chi connectivity index (χ0n) is 12.2. The maximum atomic E-state index is 5.43. The van der Waals surface area contributed by atoms with Crippen LogP contribution in [0.2, 0.25) is 0 Å². The predicted octanol–water partition coefficient (Wildman–Crippen LogP) is 3.46. The van der Waals surface area contributed by atoms with E-state index in [1.165, 1.54) is 50.8 Å². The minimum absolute atomic E-state index is 0.416. The van der Waals surface area contributed by atoms with Crippen LogP contribution in [0.4, 0.5) is 0 Å². The highest BCUT2D eigenvalue weighted by Crippen LogP contribution is 2.50. The molecule has 2 nitrogen and oxygen atoms in total. The molecule has 1 saturated carbocycles. The number of hydrogen-bond donors (Lipinski definition) is 0. The molecule has 0 spiro atoms. The number of fused-ring (bicyclic) bond motifs is 1. The molecule has 2 atom stereocenters. The van der Waals surface area contributed by atoms with Crippen LogP contribution in [0.25, 0.3) is 0 Å². The van der Waals surface area contributed by atoms with Crippen molar-refractivity contribution in [1.82, 2.24) is 4.90 Å². The van der Waals surface area contributed by atoms with Crippen molar-refractivity contribution in [3.8, 4) is 5.75 Å². The summed E-state index contributed by atoms with van der Waals surface area (Å²) in [7, 11) is 4.05. The van der Waals surface area contributed by atoms with E-state index >= 15 is 0 Å². The van der Waals surface area contributed by atoms with Crippen molar-refractivity contribution in [1.29, 1.82) is 0 Å². The van der Waals surface area contributed by atoms with E-state index in [9.17, 15) is 0 Å². The van der Waals surface area contributed by atoms with Gasteiger partial charge in [0.15, 0.2) is 0 Å². The number of nitrogens with zero attached hydrogens (tertiary/aromatic N) is 1. The molecule has 2 aliphatic rings. The Kier molecular flexibility index (Phi) is 3.53. The second-order valence-corrected chi connectivity index (χ2v) is 6.34. The largest absolute Gasteiger partial charge is 0.497 e. The second-order valence-electron chi connectivity index (χ2n) is 6.34. The zero-order valence-corrected chi connectivity index (χ0v) is 12.2. The topological polar surface area (TPSA) is 12.5 Å². The molecule has 2 fully saturated rings. The van der Waals surface area contributed by atoms with Crippen LogP contribution in [0.15, 0.2) is 24.3 Å². The van der Waals surface area contributed by atoms with Gasteiger partial charge in [-0.2, -0.15) is 0 Å². The summed E-state index contributed by atoms with van der Waals surface area (Å²) in [6.45, 7) is 2.51. The van der Waals surface area contributed by atoms with Gasteiger partial charge in [-0.25, -0.2) is 0 Å². The molecule has 19 heavy (non-hydrogen) atoms. The first-order valence-corrected chi connectivity index (χ1v) is 7.58. The van der Waals surface area contributed by atoms with E-state index in [-0.39, 0.29) is 0 Å². The lowest BCUT2D eigenvalue weighted by Gasteiger charge is -2.35. The van der Waals surface area contributed by atoms with Crippen LogP contribution < -0.4 is 4.74 Å². The van der Waals surface area contributed by atoms with Gasteiger partial charge in [0.25, 0.3) is 0 Å². The summed E-state index contributed by atoms with van der Waals surface area (Å²) < 4.78 is 5.43. The molecule has 0 amide bonds. The molecule has 0 radical (unpaired) electrons. The molecule has 0 N–H and O–H groups in total. The number of ether oxygens (including phenoxy) is 1. The summed E-state index contributed by atoms with van der Waals surface area (Å²) in [5.41, 5.74) is 1.93. The third-order valence-corrected chi connectivity index (χ3v) is 5.30. The molecule has 1 aromatic rings. The first-order valence-electron chi connectivity index (χ1n) is 7.58. The van der Waals surface area contributed by atoms with Gasteiger partial charge >= 0.3 is 0 Å². The fraction of sp³-hybridized carbons (Fsp3) is 0.647. The standard InChI is InChI=1S/C17H25NO/c1-18-11-5-10-17(9-4-7-15(17)13-18)14-6-3-8-16(12-14)19-2/h3,6,8,12,15H,4-5,7,9-11,13H2,1-2H3/t15-,17+/m0/s1. The lowest BCUT2D eigenvalue weighted by Crippen LogP contribution is -2.34. The van der Waals surface area contributed by atoms with Crippen LogP contribution in [-0.2, 0) is 5.41 Å². The molecular formula is C17H25NO. The molecule has 1 saturated heterocycles. The number of likely N-dealkylation sites (tertiary alicyclic amines) is 1. The Morgan fingerprint density at radius 2 is 2.11 bits per heavy atom. The minimum atomic E-state index is 0.416. The van der Waals surface area contributed by atoms with Crippen LogP contribution in [0.5, 0.6) is 5.75 Å². The SMILES string of the molecule is COc1cccc([C@]23CCC[C@H]2CN(C)CCC3)c1. The van der Waals surface area contributed by atoms with Gasteiger partial charge in [-0.05, 0) is 68.3 Å². The third-order valence-electron chi connectivity index (χ3n) is 5.30. The van der Waals surface area contributed by atoms with Crippen molar-refractivity contribution >= 4 is 0 Å². The normalized spacial score (nSPS) is 31.8. The first-order chi connectivity index (χ1) is 9.24. The summed E-state index contributed by atoms with van der Waals surface area (Å²) in [5.74, 6) is 1.84. The maximum absolute atomic E-state index is 5.43. The molecule has 3 rings (SSSR count). The molecule has 1 heterocycles. The second kappa shape index (κ2) is 5.16. The molecule has 104 valence electrons. The minimum Gasteiger partial charge on any atom is -0.497 e. The van der Waals surface area contributed by atoms with Crippen LogP contribution in [0.3, 0.4) is 0 Å². The van der Waals surface area contributed by atoms with Crippen molar-refractivity contribution in [2.75, 3.05) is 27.2 Å². The van der Waals surface area contributed by atoms with Crippen molar-refractivity contribution in [2.45, 2.75) is 37.5 Å². The fourth-order valence-corrected chi connectivity index (χ4v) is 4.33. The summed E-state index contributed by atoms with van der Waals surface area (Å²) in [4.78, 5) is 2.53. The number of rotatable bonds is 2. The predicted molar refractivity (Wildman–Crippen MR) is 78.7 cm³/mol. The molecule has 0 bridgehead atoms. The smallest absolute Gasteiger partial charge is 0.119 e. The van der Waals surface area contributed by atoms with Crippen molar-refractivity contribution in [3.05, 3.63) is 29.8 Å². The van der Waals surface area contributed by atoms with Gasteiger partial charge in [0.05, 0.1) is 7.11 Å². The Labute approximate surface area is 116 Å². The number of benzene rings is 1. The highest BCUT2D eigenvalue weighted by Gasteiger charge is 2.45. The first kappa shape index (κ1) is 13.0. The Hall–Kier alpha value is -1.02. The molecular weight excluding hydrogens is 234 g/mol. The molecule has 1 aliphatic heterocycles. The van der Waals surface area contributed by atoms with Gasteiger partial charge in [0.1, 0.15) is 5.75 Å². The maximum Gasteiger partial charge on any atom is 0.119 e. The Morgan fingerprint density at radius 3 is 2.95 bits per heavy atom. The van der Waals surface area contributed by atoms with E-state index in [1.54, 1.807) is 7.11 Å². The van der Waals surface area contributed by atoms with Gasteiger partial charge in [-0.1, -0.05) is 18.6 Å². The quantitative estimate of drug-likeness (QED) is 0.806. The van der Waals surface area contributed by atoms with Crippen LogP contribution >= 0.6 is 0 Å². The Balaban J connectivity index is 1.98. The van der Waals surface area contributed by atoms with Gasteiger partial charge in [0.2, 0.25) is 0 Å². The van der Waals surface area contributed by atoms with E-state index in [0.717, 1.165) is 11.7 Å². The number of methoxy groups -OCH3 is 1. The Morgan fingerprint density at radius 1 is 1.26 bits per heavy atom. The molecule has 2 heteroatoms. The van der Waals surface area contributed by atoms with Crippen LogP contribution in [0, 0.1) is 5.92 Å². The van der Waals surface area contributed by atoms with Gasteiger partial charge in [-0.3, -0.25) is 0 Å². The summed E-state index contributed by atoms with van der Waals surface area (Å²) in [6.07, 6.45) is 6.80. The summed E-state index contributed by atoms with van der Waals surface area (Å²) in [5, 5.41) is 0. The monoisotopic (exact) mass is 259 g/mol. The third kappa shape index (κ3) is 2.27. The van der Waals surface area contributed by atoms with Crippen molar-refractivity contribution < 1.29 is 4.74 Å². The average molecular weight is 259 g/mol. The highest BCUT2D eigenvalue weighted by atomic mass is 16.5. The van der Waals surface area contributed by atoms with Gasteiger partial charge < -0.3 is 9.64 Å². The van der Waals surface area contributed by atoms with Crippen molar-refractivity contribution in [2.24, 2.45) is 5.92 Å². The lowest BCUT2D eigenvalue weighted by atomic mass is 9.69. The van der Waals surface area contributed by atoms with E-state index < -0.39 is 0 Å². The molecule has 0 unspecified atom stereocenters. The van der Waals surface area contributed by atoms with Gasteiger partial charge in [-0.15, -0.1) is 0 Å². The van der Waals surface area contributed by atoms with E-state index in [4.69, 9.17) is 4.74 Å². The lowest BCUT2D eigenvalue weighted by molar-refractivity contribution is 0.252. The average Bonchev–Trinajstić information content (AvgIpc) is 2.76. The van der Waals surface area contributed by atoms with E-state index in [2.05, 4.69) is 36.2 Å². The number of hydrogen-bond acceptors (Lipinski definition) is 2.